The van der Waals surface area contributed by atoms with Crippen LogP contribution in [-0.4, -0.2) is 55.3 Å². The molecule has 9 nitrogen and oxygen atoms in total. The monoisotopic (exact) mass is 413 g/mol. The summed E-state index contributed by atoms with van der Waals surface area (Å²) in [5.41, 5.74) is 0.697. The van der Waals surface area contributed by atoms with E-state index < -0.39 is 18.5 Å². The molecule has 3 rings (SSSR count). The molecule has 3 amide bonds. The zero-order chi connectivity index (χ0) is 21.5. The van der Waals surface area contributed by atoms with Crippen molar-refractivity contribution in [3.63, 3.8) is 0 Å². The minimum Gasteiger partial charge on any atom is -0.467 e. The number of esters is 1. The van der Waals surface area contributed by atoms with E-state index in [4.69, 9.17) is 9.15 Å². The van der Waals surface area contributed by atoms with Crippen molar-refractivity contribution in [2.45, 2.75) is 19.4 Å². The van der Waals surface area contributed by atoms with Gasteiger partial charge in [0.05, 0.1) is 30.6 Å². The van der Waals surface area contributed by atoms with Crippen molar-refractivity contribution in [2.24, 2.45) is 0 Å². The zero-order valence-corrected chi connectivity index (χ0v) is 16.6. The Morgan fingerprint density at radius 3 is 2.70 bits per heavy atom. The van der Waals surface area contributed by atoms with Gasteiger partial charge in [-0.1, -0.05) is 12.1 Å². The lowest BCUT2D eigenvalue weighted by Crippen LogP contribution is -2.40. The largest absolute Gasteiger partial charge is 0.467 e. The van der Waals surface area contributed by atoms with Crippen molar-refractivity contribution in [1.82, 2.24) is 10.2 Å². The molecule has 1 saturated heterocycles. The van der Waals surface area contributed by atoms with Crippen molar-refractivity contribution in [1.29, 1.82) is 0 Å². The fourth-order valence-electron chi connectivity index (χ4n) is 3.06. The van der Waals surface area contributed by atoms with Gasteiger partial charge >= 0.3 is 5.97 Å². The number of ether oxygens (including phenoxy) is 1. The molecule has 1 aromatic carbocycles. The van der Waals surface area contributed by atoms with E-state index in [1.165, 1.54) is 18.2 Å². The highest BCUT2D eigenvalue weighted by molar-refractivity contribution is 6.04. The van der Waals surface area contributed by atoms with Crippen LogP contribution in [0, 0.1) is 0 Å². The minimum absolute atomic E-state index is 0.0494. The van der Waals surface area contributed by atoms with Crippen molar-refractivity contribution < 1.29 is 28.3 Å². The predicted molar refractivity (Wildman–Crippen MR) is 107 cm³/mol. The second-order valence-electron chi connectivity index (χ2n) is 6.85. The summed E-state index contributed by atoms with van der Waals surface area (Å²) in [4.78, 5) is 51.4. The number of likely N-dealkylation sites (N-methyl/N-ethyl adjacent to an activating group) is 1. The highest BCUT2D eigenvalue weighted by Gasteiger charge is 2.26. The molecule has 0 bridgehead atoms. The number of benzene rings is 1. The molecule has 2 heterocycles. The number of para-hydroxylation sites is 1. The average molecular weight is 413 g/mol. The lowest BCUT2D eigenvalue weighted by molar-refractivity contribution is -0.137. The van der Waals surface area contributed by atoms with E-state index in [1.54, 1.807) is 41.3 Å². The number of nitrogens with one attached hydrogen (secondary N) is 1. The Balaban J connectivity index is 1.50. The van der Waals surface area contributed by atoms with Gasteiger partial charge in [0.15, 0.2) is 6.61 Å². The summed E-state index contributed by atoms with van der Waals surface area (Å²) in [5.74, 6) is -1.04. The van der Waals surface area contributed by atoms with Crippen molar-refractivity contribution in [3.05, 3.63) is 54.0 Å². The fraction of sp³-hybridized carbons (Fsp3) is 0.333. The van der Waals surface area contributed by atoms with E-state index >= 15 is 0 Å². The molecule has 2 aromatic rings. The molecule has 0 saturated carbocycles. The van der Waals surface area contributed by atoms with Gasteiger partial charge in [-0.2, -0.15) is 0 Å². The Bertz CT molecular complexity index is 925. The van der Waals surface area contributed by atoms with Gasteiger partial charge in [0, 0.05) is 20.0 Å². The Morgan fingerprint density at radius 2 is 2.00 bits per heavy atom. The van der Waals surface area contributed by atoms with Gasteiger partial charge in [-0.3, -0.25) is 14.4 Å². The number of rotatable bonds is 8. The summed E-state index contributed by atoms with van der Waals surface area (Å²) in [6.45, 7) is 0.0613. The van der Waals surface area contributed by atoms with Crippen LogP contribution in [0.5, 0.6) is 0 Å². The van der Waals surface area contributed by atoms with E-state index in [0.717, 1.165) is 6.42 Å². The average Bonchev–Trinajstić information content (AvgIpc) is 3.41. The van der Waals surface area contributed by atoms with E-state index in [-0.39, 0.29) is 30.5 Å². The number of carbonyl (C=O) groups excluding carboxylic acids is 4. The third-order valence-corrected chi connectivity index (χ3v) is 4.66. The van der Waals surface area contributed by atoms with Gasteiger partial charge in [-0.05, 0) is 30.7 Å². The number of hydrogen-bond acceptors (Lipinski definition) is 6. The van der Waals surface area contributed by atoms with Gasteiger partial charge in [0.25, 0.3) is 5.91 Å². The SMILES string of the molecule is CN(CC(=O)NCc1ccco1)C(=O)COC(=O)c1ccccc1N1CCCC1=O. The summed E-state index contributed by atoms with van der Waals surface area (Å²) in [5, 5.41) is 2.63. The van der Waals surface area contributed by atoms with E-state index in [9.17, 15) is 19.2 Å². The Morgan fingerprint density at radius 1 is 1.20 bits per heavy atom. The standard InChI is InChI=1S/C21H23N3O6/c1-23(13-18(25)22-12-15-6-5-11-29-15)20(27)14-30-21(28)16-7-2-3-8-17(16)24-10-4-9-19(24)26/h2-3,5-8,11H,4,9-10,12-14H2,1H3,(H,22,25). The number of anilines is 1. The zero-order valence-electron chi connectivity index (χ0n) is 16.6. The van der Waals surface area contributed by atoms with E-state index in [2.05, 4.69) is 5.32 Å². The Kier molecular flexibility index (Phi) is 6.84. The van der Waals surface area contributed by atoms with Crippen molar-refractivity contribution in [3.8, 4) is 0 Å². The molecular formula is C21H23N3O6. The first-order chi connectivity index (χ1) is 14.5. The van der Waals surface area contributed by atoms with Crippen LogP contribution < -0.4 is 10.2 Å². The molecule has 0 aliphatic carbocycles. The highest BCUT2D eigenvalue weighted by atomic mass is 16.5. The van der Waals surface area contributed by atoms with Crippen LogP contribution >= 0.6 is 0 Å². The van der Waals surface area contributed by atoms with Crippen LogP contribution in [0.1, 0.15) is 29.0 Å². The number of carbonyl (C=O) groups is 4. The smallest absolute Gasteiger partial charge is 0.340 e. The summed E-state index contributed by atoms with van der Waals surface area (Å²) < 4.78 is 10.3. The molecule has 0 radical (unpaired) electrons. The molecule has 30 heavy (non-hydrogen) atoms. The summed E-state index contributed by atoms with van der Waals surface area (Å²) in [6, 6.07) is 10.1. The van der Waals surface area contributed by atoms with Crippen molar-refractivity contribution in [2.75, 3.05) is 31.6 Å². The van der Waals surface area contributed by atoms with Crippen LogP contribution in [0.4, 0.5) is 5.69 Å². The molecule has 0 atom stereocenters. The molecule has 1 aliphatic heterocycles. The normalized spacial score (nSPS) is 13.2. The first-order valence-electron chi connectivity index (χ1n) is 9.55. The maximum absolute atomic E-state index is 12.5. The topological polar surface area (TPSA) is 109 Å². The van der Waals surface area contributed by atoms with Gasteiger partial charge in [0.2, 0.25) is 11.8 Å². The number of furan rings is 1. The third-order valence-electron chi connectivity index (χ3n) is 4.66. The number of amides is 3. The van der Waals surface area contributed by atoms with E-state index in [1.807, 2.05) is 0 Å². The molecular weight excluding hydrogens is 390 g/mol. The predicted octanol–water partition coefficient (Wildman–Crippen LogP) is 1.34. The lowest BCUT2D eigenvalue weighted by Gasteiger charge is -2.19. The second kappa shape index (κ2) is 9.73. The first kappa shape index (κ1) is 21.1. The number of nitrogens with zero attached hydrogens (tertiary/aromatic N) is 2. The molecule has 1 aromatic heterocycles. The van der Waals surface area contributed by atoms with Gasteiger partial charge < -0.3 is 24.3 Å². The molecule has 0 spiro atoms. The van der Waals surface area contributed by atoms with Crippen LogP contribution in [0.25, 0.3) is 0 Å². The fourth-order valence-corrected chi connectivity index (χ4v) is 3.06. The molecule has 1 N–H and O–H groups in total. The van der Waals surface area contributed by atoms with Crippen molar-refractivity contribution >= 4 is 29.4 Å². The molecule has 9 heteroatoms. The minimum atomic E-state index is -0.700. The van der Waals surface area contributed by atoms with E-state index in [0.29, 0.717) is 24.4 Å². The maximum atomic E-state index is 12.5. The molecule has 1 fully saturated rings. The summed E-state index contributed by atoms with van der Waals surface area (Å²) >= 11 is 0. The van der Waals surface area contributed by atoms with Crippen LogP contribution in [0.2, 0.25) is 0 Å². The van der Waals surface area contributed by atoms with Gasteiger partial charge in [-0.15, -0.1) is 0 Å². The second-order valence-corrected chi connectivity index (χ2v) is 6.85. The third kappa shape index (κ3) is 5.25. The van der Waals surface area contributed by atoms with Crippen LogP contribution in [0.15, 0.2) is 47.1 Å². The maximum Gasteiger partial charge on any atom is 0.340 e. The lowest BCUT2D eigenvalue weighted by atomic mass is 10.1. The molecule has 158 valence electrons. The molecule has 1 aliphatic rings. The highest BCUT2D eigenvalue weighted by Crippen LogP contribution is 2.25. The Hall–Kier alpha value is -3.62. The van der Waals surface area contributed by atoms with Gasteiger partial charge in [0.1, 0.15) is 5.76 Å². The Labute approximate surface area is 173 Å². The first-order valence-corrected chi connectivity index (χ1v) is 9.55. The summed E-state index contributed by atoms with van der Waals surface area (Å²) in [6.07, 6.45) is 2.67. The van der Waals surface area contributed by atoms with Crippen LogP contribution in [0.3, 0.4) is 0 Å². The summed E-state index contributed by atoms with van der Waals surface area (Å²) in [7, 11) is 1.44. The van der Waals surface area contributed by atoms with Crippen LogP contribution in [-0.2, 0) is 25.7 Å². The molecule has 0 unspecified atom stereocenters. The quantitative estimate of drug-likeness (QED) is 0.654. The van der Waals surface area contributed by atoms with Gasteiger partial charge in [-0.25, -0.2) is 4.79 Å². The number of hydrogen-bond donors (Lipinski definition) is 1.